The zero-order valence-electron chi connectivity index (χ0n) is 65.5. The highest BCUT2D eigenvalue weighted by Gasteiger charge is 2.62. The Morgan fingerprint density at radius 3 is 1.08 bits per heavy atom. The summed E-state index contributed by atoms with van der Waals surface area (Å²) in [7, 11) is 1.17. The molecule has 12 heterocycles. The number of halogens is 2. The number of carbonyl (C=O) groups is 7. The highest BCUT2D eigenvalue weighted by atomic mass is 79.9. The Kier molecular flexibility index (Phi) is 24.3. The van der Waals surface area contributed by atoms with Gasteiger partial charge in [0.25, 0.3) is 0 Å². The first-order valence-electron chi connectivity index (χ1n) is 37.8. The molecule has 0 bridgehead atoms. The van der Waals surface area contributed by atoms with E-state index in [9.17, 15) is 33.6 Å². The molecule has 0 radical (unpaired) electrons. The summed E-state index contributed by atoms with van der Waals surface area (Å²) in [4.78, 5) is 125. The van der Waals surface area contributed by atoms with E-state index in [2.05, 4.69) is 64.3 Å². The topological polar surface area (TPSA) is 294 Å². The van der Waals surface area contributed by atoms with Crippen LogP contribution in [0.5, 0.6) is 0 Å². The van der Waals surface area contributed by atoms with Gasteiger partial charge in [-0.3, -0.25) is 44.3 Å². The van der Waals surface area contributed by atoms with Gasteiger partial charge in [0.2, 0.25) is 17.7 Å². The minimum Gasteiger partial charge on any atom is -0.457 e. The number of anilines is 3. The van der Waals surface area contributed by atoms with Gasteiger partial charge in [0, 0.05) is 172 Å². The molecule has 602 valence electrons. The Morgan fingerprint density at radius 1 is 0.432 bits per heavy atom. The molecule has 0 atom stereocenters. The number of hydrogen-bond acceptors (Lipinski definition) is 19. The van der Waals surface area contributed by atoms with Crippen molar-refractivity contribution in [3.05, 3.63) is 276 Å². The van der Waals surface area contributed by atoms with Crippen LogP contribution in [0, 0.1) is 0 Å². The molecule has 18 rings (SSSR count). The highest BCUT2D eigenvalue weighted by Crippen LogP contribution is 2.52. The Bertz CT molecular complexity index is 5790. The molecule has 118 heavy (non-hydrogen) atoms. The summed E-state index contributed by atoms with van der Waals surface area (Å²) in [5.41, 5.74) is 7.97. The van der Waals surface area contributed by atoms with E-state index in [0.717, 1.165) is 110 Å². The van der Waals surface area contributed by atoms with Gasteiger partial charge in [-0.15, -0.1) is 0 Å². The lowest BCUT2D eigenvalue weighted by Gasteiger charge is -2.46. The lowest BCUT2D eigenvalue weighted by Crippen LogP contribution is -2.65. The molecule has 12 aromatic rings. The zero-order valence-corrected chi connectivity index (χ0v) is 67.8. The van der Waals surface area contributed by atoms with Crippen LogP contribution in [0.3, 0.4) is 0 Å². The maximum Gasteiger partial charge on any atom is 0.490 e. The maximum absolute atomic E-state index is 14.0. The molecule has 2 N–H and O–H groups in total. The van der Waals surface area contributed by atoms with Gasteiger partial charge in [-0.1, -0.05) is 153 Å². The molecule has 6 aromatic carbocycles. The summed E-state index contributed by atoms with van der Waals surface area (Å²) >= 11 is 8.30. The van der Waals surface area contributed by atoms with Crippen molar-refractivity contribution in [2.24, 2.45) is 0 Å². The van der Waals surface area contributed by atoms with E-state index in [0.29, 0.717) is 64.4 Å². The Morgan fingerprint density at radius 2 is 0.754 bits per heavy atom. The van der Waals surface area contributed by atoms with Crippen LogP contribution in [-0.4, -0.2) is 168 Å². The van der Waals surface area contributed by atoms with E-state index in [4.69, 9.17) is 34.2 Å². The third kappa shape index (κ3) is 16.5. The smallest absolute Gasteiger partial charge is 0.457 e. The molecular formula is C90H87BBrClN12O13. The van der Waals surface area contributed by atoms with Crippen molar-refractivity contribution >= 4 is 131 Å². The van der Waals surface area contributed by atoms with Crippen LogP contribution in [0.15, 0.2) is 242 Å². The number of rotatable bonds is 9. The number of methoxy groups -OCH3 is 2. The van der Waals surface area contributed by atoms with Crippen LogP contribution < -0.4 is 20.2 Å². The van der Waals surface area contributed by atoms with Crippen molar-refractivity contribution in [3.63, 3.8) is 0 Å². The van der Waals surface area contributed by atoms with Crippen LogP contribution in [0.1, 0.15) is 82.7 Å². The number of carbonyl (C=O) groups excluding carboxylic acids is 7. The zero-order chi connectivity index (χ0) is 82.7. The van der Waals surface area contributed by atoms with E-state index >= 15 is 0 Å². The number of likely N-dealkylation sites (tertiary alicyclic amines) is 3. The van der Waals surface area contributed by atoms with Gasteiger partial charge < -0.3 is 58.4 Å². The fraction of sp³-hybridized carbons (Fsp3) is 0.256. The lowest BCUT2D eigenvalue weighted by molar-refractivity contribution is -0.129. The first-order valence-corrected chi connectivity index (χ1v) is 38.9. The summed E-state index contributed by atoms with van der Waals surface area (Å²) in [5.74, 6) is -0.0260. The predicted octanol–water partition coefficient (Wildman–Crippen LogP) is 14.9. The standard InChI is InChI=1S/C30H28N4O3.C27H22N4O3.C25H24BrN3O3.C5H6BNO2.C2H3ClO2.CH4/c1-29(2,3)37-28(36)33-18-30(19-33)23-12-6-7-13-25(23)34(27(30)35)17-24-26(21-10-8-14-31-15-21)22-11-5-4-9-20(22)16-32-24;1-34-26(33)30-16-27(17-30)21-10-4-5-11-23(21)31(25(27)32)15-22-24(19-8-6-12-28-13-19)20-9-3-2-7-18(20)14-29-22;1-24(2,3)32-23(31)28-14-25(15-28)18-10-6-7-11-20(18)29(22(25)30)13-19-21(26)17-9-5-4-8-16(17)12-27-19;8-6(9)5-2-1-3-7-4-5;1-5-2(3)4;/h4-16H,17-19H2,1-3H3;2-14H,15-17H2,1H3;4-12H,13-15H2,1-3H3;1-4,8-9H;1H3;1H4. The number of fused-ring (bicyclic) bond motifs is 9. The van der Waals surface area contributed by atoms with Crippen molar-refractivity contribution in [3.8, 4) is 22.3 Å². The number of ether oxygens (including phenoxy) is 4. The van der Waals surface area contributed by atoms with E-state index in [1.807, 2.05) is 235 Å². The molecule has 0 saturated carbocycles. The van der Waals surface area contributed by atoms with Crippen LogP contribution in [0.25, 0.3) is 54.6 Å². The van der Waals surface area contributed by atoms with Crippen LogP contribution in [0.4, 0.5) is 36.2 Å². The van der Waals surface area contributed by atoms with Gasteiger partial charge in [-0.05, 0) is 127 Å². The minimum atomic E-state index is -1.40. The van der Waals surface area contributed by atoms with Gasteiger partial charge in [0.15, 0.2) is 0 Å². The largest absolute Gasteiger partial charge is 0.490 e. The molecule has 28 heteroatoms. The molecule has 6 aliphatic heterocycles. The minimum absolute atomic E-state index is 0. The molecular weight excluding hydrogens is 1580 g/mol. The number of pyridine rings is 6. The average Bonchev–Trinajstić information content (AvgIpc) is 1.56. The van der Waals surface area contributed by atoms with Crippen LogP contribution in [-0.2, 0) is 69.2 Å². The second-order valence-electron chi connectivity index (χ2n) is 31.0. The van der Waals surface area contributed by atoms with Crippen molar-refractivity contribution in [1.29, 1.82) is 0 Å². The SMILES string of the molecule is C.CC(C)(C)OC(=O)N1CC2(C1)C(=O)N(Cc1ncc3ccccc3c1-c1cccnc1)c1ccccc12.CC(C)(C)OC(=O)N1CC2(C1)C(=O)N(Cc1ncc3ccccc3c1Br)c1ccccc12.COC(=O)Cl.COC(=O)N1CC2(C1)C(=O)N(Cc1ncc3ccccc3c1-c1cccnc1)c1ccccc12.OB(O)c1cccnc1. The Labute approximate surface area is 696 Å². The Balaban J connectivity index is 0.000000141. The molecule has 6 amide bonds. The first kappa shape index (κ1) is 83.4. The first-order chi connectivity index (χ1) is 56.2. The number of nitrogens with zero attached hydrogens (tertiary/aromatic N) is 12. The average molecular weight is 1670 g/mol. The van der Waals surface area contributed by atoms with E-state index < -0.39 is 52.2 Å². The number of hydrogen-bond donors (Lipinski definition) is 2. The molecule has 0 aliphatic carbocycles. The molecule has 3 fully saturated rings. The van der Waals surface area contributed by atoms with Gasteiger partial charge in [-0.25, -0.2) is 19.2 Å². The second-order valence-corrected chi connectivity index (χ2v) is 32.1. The predicted molar refractivity (Wildman–Crippen MR) is 456 cm³/mol. The van der Waals surface area contributed by atoms with Gasteiger partial charge in [-0.2, -0.15) is 0 Å². The van der Waals surface area contributed by atoms with Crippen molar-refractivity contribution in [2.45, 2.75) is 96.1 Å². The van der Waals surface area contributed by atoms with Crippen molar-refractivity contribution in [2.75, 3.05) is 68.2 Å². The quantitative estimate of drug-likeness (QED) is 0.0771. The molecule has 6 aromatic heterocycles. The third-order valence-corrected chi connectivity index (χ3v) is 22.2. The second kappa shape index (κ2) is 34.3. The lowest BCUT2D eigenvalue weighted by atomic mass is 9.75. The maximum atomic E-state index is 14.0. The van der Waals surface area contributed by atoms with E-state index in [1.54, 1.807) is 55.2 Å². The fourth-order valence-electron chi connectivity index (χ4n) is 15.7. The molecule has 25 nitrogen and oxygen atoms in total. The molecule has 3 saturated heterocycles. The summed E-state index contributed by atoms with van der Waals surface area (Å²) in [6.07, 6.45) is 14.5. The van der Waals surface area contributed by atoms with Crippen molar-refractivity contribution < 1.29 is 62.6 Å². The summed E-state index contributed by atoms with van der Waals surface area (Å²) in [5, 5.41) is 23.4. The summed E-state index contributed by atoms with van der Waals surface area (Å²) < 4.78 is 20.7. The van der Waals surface area contributed by atoms with Gasteiger partial charge >= 0.3 is 30.8 Å². The van der Waals surface area contributed by atoms with Crippen molar-refractivity contribution in [1.82, 2.24) is 44.6 Å². The number of para-hydroxylation sites is 3. The van der Waals surface area contributed by atoms with E-state index in [-0.39, 0.29) is 31.2 Å². The fourth-order valence-corrected chi connectivity index (χ4v) is 16.3. The normalized spacial score (nSPS) is 15.2. The molecule has 0 unspecified atom stereocenters. The molecule has 3 spiro atoms. The Hall–Kier alpha value is -12.6. The number of amides is 6. The monoisotopic (exact) mass is 1670 g/mol. The number of benzene rings is 6. The van der Waals surface area contributed by atoms with E-state index in [1.165, 1.54) is 20.4 Å². The molecule has 6 aliphatic rings. The summed E-state index contributed by atoms with van der Waals surface area (Å²) in [6.45, 7) is 13.9. The van der Waals surface area contributed by atoms with Gasteiger partial charge in [0.1, 0.15) is 27.4 Å². The van der Waals surface area contributed by atoms with Crippen LogP contribution in [0.2, 0.25) is 0 Å². The highest BCUT2D eigenvalue weighted by molar-refractivity contribution is 9.10. The van der Waals surface area contributed by atoms with Gasteiger partial charge in [0.05, 0.1) is 50.9 Å². The number of aromatic nitrogens is 6. The third-order valence-electron chi connectivity index (χ3n) is 21.1. The summed E-state index contributed by atoms with van der Waals surface area (Å²) in [6, 6.07) is 58.9. The van der Waals surface area contributed by atoms with Crippen LogP contribution >= 0.6 is 27.5 Å².